The molecular formula is C16H15ClFNO2. The summed E-state index contributed by atoms with van der Waals surface area (Å²) in [6, 6.07) is 11.0. The van der Waals surface area contributed by atoms with E-state index in [1.807, 2.05) is 6.07 Å². The minimum absolute atomic E-state index is 0.00457. The van der Waals surface area contributed by atoms with Gasteiger partial charge in [0.05, 0.1) is 10.9 Å². The van der Waals surface area contributed by atoms with Crippen molar-refractivity contribution in [1.29, 1.82) is 0 Å². The van der Waals surface area contributed by atoms with Crippen LogP contribution in [0.5, 0.6) is 0 Å². The molecule has 0 aliphatic carbocycles. The van der Waals surface area contributed by atoms with Gasteiger partial charge in [-0.3, -0.25) is 4.79 Å². The van der Waals surface area contributed by atoms with Gasteiger partial charge in [0.2, 0.25) is 0 Å². The smallest absolute Gasteiger partial charge is 0.313 e. The highest BCUT2D eigenvalue weighted by Gasteiger charge is 2.17. The molecule has 0 heterocycles. The summed E-state index contributed by atoms with van der Waals surface area (Å²) in [5.41, 5.74) is 7.63. The quantitative estimate of drug-likeness (QED) is 0.688. The van der Waals surface area contributed by atoms with E-state index in [0.29, 0.717) is 11.3 Å². The molecule has 1 unspecified atom stereocenters. The molecule has 110 valence electrons. The number of carbonyl (C=O) groups is 1. The van der Waals surface area contributed by atoms with Crippen molar-refractivity contribution in [1.82, 2.24) is 0 Å². The summed E-state index contributed by atoms with van der Waals surface area (Å²) in [7, 11) is 0. The summed E-state index contributed by atoms with van der Waals surface area (Å²) < 4.78 is 18.1. The number of hydrogen-bond donors (Lipinski definition) is 1. The lowest BCUT2D eigenvalue weighted by Gasteiger charge is -2.13. The van der Waals surface area contributed by atoms with Crippen molar-refractivity contribution >= 4 is 23.3 Å². The third-order valence-corrected chi connectivity index (χ3v) is 3.50. The number of carbonyl (C=O) groups excluding carboxylic acids is 1. The van der Waals surface area contributed by atoms with Crippen molar-refractivity contribution in [2.24, 2.45) is 0 Å². The van der Waals surface area contributed by atoms with E-state index in [4.69, 9.17) is 22.1 Å². The van der Waals surface area contributed by atoms with Crippen molar-refractivity contribution in [2.75, 3.05) is 5.73 Å². The molecule has 2 rings (SSSR count). The van der Waals surface area contributed by atoms with Gasteiger partial charge in [0, 0.05) is 11.3 Å². The predicted molar refractivity (Wildman–Crippen MR) is 80.5 cm³/mol. The van der Waals surface area contributed by atoms with Crippen LogP contribution in [-0.4, -0.2) is 5.97 Å². The van der Waals surface area contributed by atoms with Crippen LogP contribution in [-0.2, 0) is 16.1 Å². The minimum atomic E-state index is -0.437. The van der Waals surface area contributed by atoms with E-state index in [2.05, 4.69) is 0 Å². The molecule has 2 N–H and O–H groups in total. The monoisotopic (exact) mass is 307 g/mol. The van der Waals surface area contributed by atoms with Gasteiger partial charge in [-0.2, -0.15) is 0 Å². The van der Waals surface area contributed by atoms with Crippen molar-refractivity contribution in [2.45, 2.75) is 19.4 Å². The van der Waals surface area contributed by atoms with Crippen LogP contribution in [0.15, 0.2) is 42.5 Å². The maximum Gasteiger partial charge on any atom is 0.313 e. The number of esters is 1. The van der Waals surface area contributed by atoms with Gasteiger partial charge in [0.15, 0.2) is 0 Å². The van der Waals surface area contributed by atoms with Crippen LogP contribution in [0.25, 0.3) is 0 Å². The minimum Gasteiger partial charge on any atom is -0.460 e. The number of hydrogen-bond acceptors (Lipinski definition) is 3. The second-order valence-electron chi connectivity index (χ2n) is 4.74. The van der Waals surface area contributed by atoms with Crippen LogP contribution in [0.1, 0.15) is 24.0 Å². The fraction of sp³-hybridized carbons (Fsp3) is 0.188. The summed E-state index contributed by atoms with van der Waals surface area (Å²) in [5, 5.41) is 0.236. The lowest BCUT2D eigenvalue weighted by molar-refractivity contribution is -0.146. The Morgan fingerprint density at radius 2 is 2.10 bits per heavy atom. The van der Waals surface area contributed by atoms with Crippen LogP contribution in [0.3, 0.4) is 0 Å². The average molecular weight is 308 g/mol. The summed E-state index contributed by atoms with van der Waals surface area (Å²) in [6.07, 6.45) is 0. The lowest BCUT2D eigenvalue weighted by atomic mass is 10.0. The number of rotatable bonds is 4. The molecule has 0 saturated carbocycles. The van der Waals surface area contributed by atoms with E-state index in [1.165, 1.54) is 18.2 Å². The molecule has 2 aromatic carbocycles. The van der Waals surface area contributed by atoms with E-state index in [0.717, 1.165) is 5.56 Å². The number of nitrogen functional groups attached to an aromatic ring is 1. The average Bonchev–Trinajstić information content (AvgIpc) is 2.45. The van der Waals surface area contributed by atoms with Crippen molar-refractivity contribution in [3.05, 3.63) is 64.4 Å². The first-order chi connectivity index (χ1) is 9.97. The number of nitrogens with two attached hydrogens (primary N) is 1. The predicted octanol–water partition coefficient (Wildman–Crippen LogP) is 3.91. The van der Waals surface area contributed by atoms with E-state index >= 15 is 0 Å². The Morgan fingerprint density at radius 1 is 1.33 bits per heavy atom. The zero-order valence-electron chi connectivity index (χ0n) is 11.5. The molecule has 2 aromatic rings. The van der Waals surface area contributed by atoms with Gasteiger partial charge in [0.25, 0.3) is 0 Å². The largest absolute Gasteiger partial charge is 0.460 e. The van der Waals surface area contributed by atoms with Gasteiger partial charge in [-0.05, 0) is 36.8 Å². The third-order valence-electron chi connectivity index (χ3n) is 3.15. The molecule has 0 aromatic heterocycles. The van der Waals surface area contributed by atoms with Gasteiger partial charge in [-0.1, -0.05) is 29.8 Å². The molecule has 1 atom stereocenters. The summed E-state index contributed by atoms with van der Waals surface area (Å²) >= 11 is 5.88. The Morgan fingerprint density at radius 3 is 2.76 bits per heavy atom. The number of benzene rings is 2. The van der Waals surface area contributed by atoms with Gasteiger partial charge < -0.3 is 10.5 Å². The van der Waals surface area contributed by atoms with Gasteiger partial charge in [-0.25, -0.2) is 4.39 Å². The molecule has 21 heavy (non-hydrogen) atoms. The first-order valence-corrected chi connectivity index (χ1v) is 6.81. The normalized spacial score (nSPS) is 12.0. The zero-order chi connectivity index (χ0) is 15.4. The Bertz CT molecular complexity index is 660. The maximum atomic E-state index is 12.9. The van der Waals surface area contributed by atoms with Crippen LogP contribution >= 0.6 is 11.6 Å². The fourth-order valence-corrected chi connectivity index (χ4v) is 2.10. The SMILES string of the molecule is CC(C(=O)OCc1ccc(F)cc1Cl)c1cccc(N)c1. The standard InChI is InChI=1S/C16H15ClFNO2/c1-10(11-3-2-4-14(19)7-11)16(20)21-9-12-5-6-13(18)8-15(12)17/h2-8,10H,9,19H2,1H3. The second kappa shape index (κ2) is 6.59. The Balaban J connectivity index is 2.01. The van der Waals surface area contributed by atoms with Gasteiger partial charge in [-0.15, -0.1) is 0 Å². The molecule has 0 radical (unpaired) electrons. The molecule has 0 saturated heterocycles. The fourth-order valence-electron chi connectivity index (χ4n) is 1.88. The molecule has 0 fully saturated rings. The molecule has 5 heteroatoms. The topological polar surface area (TPSA) is 52.3 Å². The number of ether oxygens (including phenoxy) is 1. The Kier molecular flexibility index (Phi) is 4.81. The molecule has 0 aliphatic rings. The lowest BCUT2D eigenvalue weighted by Crippen LogP contribution is -2.13. The Labute approximate surface area is 127 Å². The van der Waals surface area contributed by atoms with Gasteiger partial charge in [0.1, 0.15) is 12.4 Å². The highest BCUT2D eigenvalue weighted by Crippen LogP contribution is 2.22. The van der Waals surface area contributed by atoms with E-state index in [1.54, 1.807) is 25.1 Å². The summed E-state index contributed by atoms with van der Waals surface area (Å²) in [4.78, 5) is 12.0. The van der Waals surface area contributed by atoms with Gasteiger partial charge >= 0.3 is 5.97 Å². The summed E-state index contributed by atoms with van der Waals surface area (Å²) in [6.45, 7) is 1.74. The van der Waals surface area contributed by atoms with Crippen molar-refractivity contribution in [3.63, 3.8) is 0 Å². The van der Waals surface area contributed by atoms with E-state index in [-0.39, 0.29) is 17.6 Å². The Hall–Kier alpha value is -2.07. The van der Waals surface area contributed by atoms with Crippen molar-refractivity contribution < 1.29 is 13.9 Å². The third kappa shape index (κ3) is 3.95. The molecule has 0 amide bonds. The molecule has 0 bridgehead atoms. The second-order valence-corrected chi connectivity index (χ2v) is 5.14. The van der Waals surface area contributed by atoms with Crippen LogP contribution in [0.2, 0.25) is 5.02 Å². The first kappa shape index (κ1) is 15.3. The summed E-state index contributed by atoms with van der Waals surface area (Å²) in [5.74, 6) is -1.25. The zero-order valence-corrected chi connectivity index (χ0v) is 12.2. The van der Waals surface area contributed by atoms with Crippen LogP contribution in [0.4, 0.5) is 10.1 Å². The van der Waals surface area contributed by atoms with Crippen molar-refractivity contribution in [3.8, 4) is 0 Å². The van der Waals surface area contributed by atoms with Crippen LogP contribution in [0, 0.1) is 5.82 Å². The number of anilines is 1. The van der Waals surface area contributed by atoms with E-state index in [9.17, 15) is 9.18 Å². The molecule has 0 aliphatic heterocycles. The molecule has 0 spiro atoms. The molecular weight excluding hydrogens is 293 g/mol. The van der Waals surface area contributed by atoms with Crippen LogP contribution < -0.4 is 5.73 Å². The first-order valence-electron chi connectivity index (χ1n) is 6.43. The highest BCUT2D eigenvalue weighted by molar-refractivity contribution is 6.31. The maximum absolute atomic E-state index is 12.9. The molecule has 3 nitrogen and oxygen atoms in total. The highest BCUT2D eigenvalue weighted by atomic mass is 35.5. The number of halogens is 2. The van der Waals surface area contributed by atoms with E-state index < -0.39 is 11.7 Å².